The number of fused-ring (bicyclic) bond motifs is 3. The van der Waals surface area contributed by atoms with E-state index in [1.807, 2.05) is 28.8 Å². The highest BCUT2D eigenvalue weighted by Gasteiger charge is 2.44. The second kappa shape index (κ2) is 11.2. The highest BCUT2D eigenvalue weighted by Crippen LogP contribution is 2.44. The van der Waals surface area contributed by atoms with Gasteiger partial charge in [0, 0.05) is 24.2 Å². The molecular weight excluding hydrogens is 438 g/mol. The van der Waals surface area contributed by atoms with E-state index in [-0.39, 0.29) is 23.9 Å². The molecule has 35 heavy (non-hydrogen) atoms. The van der Waals surface area contributed by atoms with Gasteiger partial charge in [0.25, 0.3) is 5.56 Å². The van der Waals surface area contributed by atoms with Crippen LogP contribution in [0.25, 0.3) is 11.0 Å². The van der Waals surface area contributed by atoms with Crippen molar-refractivity contribution in [1.82, 2.24) is 14.5 Å². The van der Waals surface area contributed by atoms with Gasteiger partial charge >= 0.3 is 5.97 Å². The molecule has 2 saturated heterocycles. The molecule has 0 N–H and O–H groups in total. The van der Waals surface area contributed by atoms with E-state index in [2.05, 4.69) is 9.88 Å². The van der Waals surface area contributed by atoms with Gasteiger partial charge < -0.3 is 9.30 Å². The molecule has 2 bridgehead atoms. The molecule has 0 spiro atoms. The van der Waals surface area contributed by atoms with Crippen LogP contribution >= 0.6 is 0 Å². The van der Waals surface area contributed by atoms with Crippen molar-refractivity contribution in [2.45, 2.75) is 121 Å². The summed E-state index contributed by atoms with van der Waals surface area (Å²) in [6, 6.07) is 9.56. The van der Waals surface area contributed by atoms with Gasteiger partial charge in [0.1, 0.15) is 0 Å². The zero-order valence-corrected chi connectivity index (χ0v) is 21.3. The Labute approximate surface area is 209 Å². The van der Waals surface area contributed by atoms with E-state index in [1.165, 1.54) is 77.0 Å². The van der Waals surface area contributed by atoms with E-state index in [0.717, 1.165) is 18.4 Å². The van der Waals surface area contributed by atoms with Crippen LogP contribution in [0.5, 0.6) is 0 Å². The molecule has 3 heterocycles. The number of rotatable bonds is 4. The lowest BCUT2D eigenvalue weighted by atomic mass is 9.91. The Morgan fingerprint density at radius 3 is 2.09 bits per heavy atom. The third kappa shape index (κ3) is 5.18. The van der Waals surface area contributed by atoms with Gasteiger partial charge in [0.05, 0.1) is 17.6 Å². The van der Waals surface area contributed by atoms with E-state index in [1.54, 1.807) is 6.92 Å². The number of para-hydroxylation sites is 2. The number of carbonyl (C=O) groups is 1. The molecule has 6 nitrogen and oxygen atoms in total. The minimum absolute atomic E-state index is 0.0799. The smallest absolute Gasteiger partial charge is 0.362 e. The molecule has 0 radical (unpaired) electrons. The van der Waals surface area contributed by atoms with E-state index in [9.17, 15) is 9.59 Å². The first-order valence-corrected chi connectivity index (χ1v) is 14.1. The number of hydrogen-bond donors (Lipinski definition) is 0. The zero-order valence-electron chi connectivity index (χ0n) is 21.3. The van der Waals surface area contributed by atoms with Crippen LogP contribution in [0, 0.1) is 0 Å². The molecule has 3 fully saturated rings. The molecule has 1 aromatic heterocycles. The maximum absolute atomic E-state index is 13.6. The number of aromatic nitrogens is 2. The molecule has 0 amide bonds. The van der Waals surface area contributed by atoms with Crippen molar-refractivity contribution in [3.63, 3.8) is 0 Å². The van der Waals surface area contributed by atoms with Gasteiger partial charge in [0.15, 0.2) is 0 Å². The van der Waals surface area contributed by atoms with Gasteiger partial charge in [-0.3, -0.25) is 9.69 Å². The van der Waals surface area contributed by atoms with Crippen LogP contribution in [-0.4, -0.2) is 45.2 Å². The number of piperidine rings is 1. The van der Waals surface area contributed by atoms with Crippen LogP contribution in [0.2, 0.25) is 0 Å². The summed E-state index contributed by atoms with van der Waals surface area (Å²) in [6.45, 7) is 1.99. The predicted octanol–water partition coefficient (Wildman–Crippen LogP) is 6.02. The van der Waals surface area contributed by atoms with E-state index >= 15 is 0 Å². The molecule has 2 aliphatic heterocycles. The summed E-state index contributed by atoms with van der Waals surface area (Å²) in [7, 11) is 0. The van der Waals surface area contributed by atoms with Crippen LogP contribution in [0.4, 0.5) is 0 Å². The molecule has 2 unspecified atom stereocenters. The van der Waals surface area contributed by atoms with E-state index < -0.39 is 5.97 Å². The van der Waals surface area contributed by atoms with Gasteiger partial charge in [-0.05, 0) is 57.6 Å². The average molecular weight is 480 g/mol. The van der Waals surface area contributed by atoms with Gasteiger partial charge in [-0.1, -0.05) is 63.5 Å². The Bertz CT molecular complexity index is 1050. The Kier molecular flexibility index (Phi) is 7.86. The second-order valence-corrected chi connectivity index (χ2v) is 10.9. The molecule has 5 rings (SSSR count). The average Bonchev–Trinajstić information content (AvgIpc) is 3.09. The van der Waals surface area contributed by atoms with Crippen LogP contribution in [0.15, 0.2) is 29.1 Å². The van der Waals surface area contributed by atoms with Crippen molar-refractivity contribution in [3.8, 4) is 0 Å². The summed E-state index contributed by atoms with van der Waals surface area (Å²) in [5.74, 6) is -0.616. The second-order valence-electron chi connectivity index (χ2n) is 10.9. The lowest BCUT2D eigenvalue weighted by Gasteiger charge is -2.44. The van der Waals surface area contributed by atoms with Crippen molar-refractivity contribution in [1.29, 1.82) is 0 Å². The fourth-order valence-electron chi connectivity index (χ4n) is 7.10. The number of esters is 1. The molecule has 3 aliphatic rings. The van der Waals surface area contributed by atoms with Crippen LogP contribution in [0.3, 0.4) is 0 Å². The molecule has 6 heteroatoms. The number of ether oxygens (including phenoxy) is 1. The molecule has 1 aliphatic carbocycles. The minimum atomic E-state index is -0.616. The summed E-state index contributed by atoms with van der Waals surface area (Å²) in [4.78, 5) is 33.4. The molecule has 2 atom stereocenters. The number of carbonyl (C=O) groups excluding carboxylic acids is 1. The topological polar surface area (TPSA) is 64.4 Å². The number of nitrogens with zero attached hydrogens (tertiary/aromatic N) is 3. The Balaban J connectivity index is 1.42. The van der Waals surface area contributed by atoms with Crippen molar-refractivity contribution >= 4 is 17.0 Å². The first kappa shape index (κ1) is 24.5. The van der Waals surface area contributed by atoms with Crippen LogP contribution in [-0.2, 0) is 4.74 Å². The number of hydrogen-bond acceptors (Lipinski definition) is 5. The quantitative estimate of drug-likeness (QED) is 0.502. The fraction of sp³-hybridized carbons (Fsp3) is 0.690. The Morgan fingerprint density at radius 1 is 0.857 bits per heavy atom. The SMILES string of the molecule is CCOC(=O)c1nc2ccccc2n(C2CC3CCC(C2)N3C2CCCCCCCCCC2)c1=O. The van der Waals surface area contributed by atoms with Crippen molar-refractivity contribution < 1.29 is 9.53 Å². The largest absolute Gasteiger partial charge is 0.461 e. The molecule has 190 valence electrons. The van der Waals surface area contributed by atoms with Crippen molar-refractivity contribution in [2.24, 2.45) is 0 Å². The maximum Gasteiger partial charge on any atom is 0.362 e. The van der Waals surface area contributed by atoms with E-state index in [0.29, 0.717) is 23.6 Å². The summed E-state index contributed by atoms with van der Waals surface area (Å²) in [6.07, 6.45) is 18.1. The van der Waals surface area contributed by atoms with Crippen LogP contribution < -0.4 is 5.56 Å². The fourth-order valence-corrected chi connectivity index (χ4v) is 7.10. The zero-order chi connectivity index (χ0) is 24.2. The van der Waals surface area contributed by atoms with E-state index in [4.69, 9.17) is 4.74 Å². The molecule has 1 saturated carbocycles. The maximum atomic E-state index is 13.6. The third-order valence-electron chi connectivity index (χ3n) is 8.64. The first-order valence-electron chi connectivity index (χ1n) is 14.1. The highest BCUT2D eigenvalue weighted by molar-refractivity contribution is 5.89. The summed E-state index contributed by atoms with van der Waals surface area (Å²) in [5, 5.41) is 0. The summed E-state index contributed by atoms with van der Waals surface area (Å²) >= 11 is 0. The van der Waals surface area contributed by atoms with Gasteiger partial charge in [-0.2, -0.15) is 0 Å². The predicted molar refractivity (Wildman–Crippen MR) is 139 cm³/mol. The minimum Gasteiger partial charge on any atom is -0.461 e. The lowest BCUT2D eigenvalue weighted by molar-refractivity contribution is 0.0495. The lowest BCUT2D eigenvalue weighted by Crippen LogP contribution is -2.50. The summed E-state index contributed by atoms with van der Waals surface area (Å²) in [5.41, 5.74) is 1.14. The van der Waals surface area contributed by atoms with Crippen molar-refractivity contribution in [2.75, 3.05) is 6.61 Å². The van der Waals surface area contributed by atoms with Gasteiger partial charge in [0.2, 0.25) is 5.69 Å². The normalized spacial score (nSPS) is 26.9. The Morgan fingerprint density at radius 2 is 1.46 bits per heavy atom. The number of benzene rings is 1. The monoisotopic (exact) mass is 479 g/mol. The standard InChI is InChI=1S/C29H41N3O3/c1-2-35-29(34)27-28(33)32(26-16-12-11-15-25(26)30-27)24-19-22-17-18-23(20-24)31(22)21-13-9-7-5-3-4-6-8-10-14-21/h11-12,15-16,21-24H,2-10,13-14,17-20H2,1H3. The van der Waals surface area contributed by atoms with Crippen LogP contribution in [0.1, 0.15) is 113 Å². The Hall–Kier alpha value is -2.21. The molecule has 2 aromatic rings. The highest BCUT2D eigenvalue weighted by atomic mass is 16.5. The third-order valence-corrected chi connectivity index (χ3v) is 8.64. The molecule has 1 aromatic carbocycles. The molecular formula is C29H41N3O3. The first-order chi connectivity index (χ1) is 17.2. The van der Waals surface area contributed by atoms with Gasteiger partial charge in [-0.15, -0.1) is 0 Å². The van der Waals surface area contributed by atoms with Gasteiger partial charge in [-0.25, -0.2) is 9.78 Å². The van der Waals surface area contributed by atoms with Crippen molar-refractivity contribution in [3.05, 3.63) is 40.3 Å². The summed E-state index contributed by atoms with van der Waals surface area (Å²) < 4.78 is 7.06.